The van der Waals surface area contributed by atoms with Crippen molar-refractivity contribution in [1.29, 1.82) is 0 Å². The van der Waals surface area contributed by atoms with Gasteiger partial charge in [0.05, 0.1) is 0 Å². The van der Waals surface area contributed by atoms with Crippen molar-refractivity contribution in [2.45, 2.75) is 38.1 Å². The Morgan fingerprint density at radius 2 is 2.05 bits per heavy atom. The fourth-order valence-electron chi connectivity index (χ4n) is 2.45. The molecule has 0 aromatic heterocycles. The smallest absolute Gasteiger partial charge is 0.410 e. The van der Waals surface area contributed by atoms with Gasteiger partial charge in [0.1, 0.15) is 5.75 Å². The molecule has 1 amide bonds. The van der Waals surface area contributed by atoms with Gasteiger partial charge < -0.3 is 21.3 Å². The van der Waals surface area contributed by atoms with Crippen LogP contribution in [0.15, 0.2) is 29.4 Å². The standard InChI is InChI=1S/C14H21N5O2/c15-18-13(19-16)10-5-4-8-12(9-10)21-14(20)17-11-6-2-1-3-7-11/h4-5,8-9,11H,1-3,6-7,15-16H2,(H,17,20)(H,18,19). The molecule has 1 aromatic carbocycles. The molecule has 1 aliphatic carbocycles. The summed E-state index contributed by atoms with van der Waals surface area (Å²) in [7, 11) is 0. The first-order valence-electron chi connectivity index (χ1n) is 7.06. The lowest BCUT2D eigenvalue weighted by molar-refractivity contribution is 0.192. The number of nitrogens with two attached hydrogens (primary N) is 2. The molecule has 0 radical (unpaired) electrons. The Balaban J connectivity index is 1.95. The van der Waals surface area contributed by atoms with E-state index in [0.29, 0.717) is 17.1 Å². The van der Waals surface area contributed by atoms with Gasteiger partial charge in [-0.15, -0.1) is 0 Å². The van der Waals surface area contributed by atoms with E-state index >= 15 is 0 Å². The summed E-state index contributed by atoms with van der Waals surface area (Å²) in [6, 6.07) is 7.04. The number of hydrazine groups is 1. The molecule has 21 heavy (non-hydrogen) atoms. The minimum Gasteiger partial charge on any atom is -0.410 e. The lowest BCUT2D eigenvalue weighted by atomic mass is 9.96. The molecule has 0 unspecified atom stereocenters. The van der Waals surface area contributed by atoms with Gasteiger partial charge in [-0.2, -0.15) is 5.10 Å². The topological polar surface area (TPSA) is 115 Å². The fourth-order valence-corrected chi connectivity index (χ4v) is 2.45. The van der Waals surface area contributed by atoms with E-state index in [9.17, 15) is 4.79 Å². The highest BCUT2D eigenvalue weighted by Gasteiger charge is 2.16. The molecule has 1 aliphatic rings. The van der Waals surface area contributed by atoms with Gasteiger partial charge in [0.15, 0.2) is 5.84 Å². The molecule has 7 nitrogen and oxygen atoms in total. The molecular weight excluding hydrogens is 270 g/mol. The maximum absolute atomic E-state index is 11.9. The van der Waals surface area contributed by atoms with Gasteiger partial charge in [0, 0.05) is 11.6 Å². The highest BCUT2D eigenvalue weighted by molar-refractivity contribution is 5.98. The molecule has 1 fully saturated rings. The van der Waals surface area contributed by atoms with E-state index < -0.39 is 6.09 Å². The van der Waals surface area contributed by atoms with Crippen molar-refractivity contribution in [3.63, 3.8) is 0 Å². The van der Waals surface area contributed by atoms with Crippen molar-refractivity contribution in [3.05, 3.63) is 29.8 Å². The summed E-state index contributed by atoms with van der Waals surface area (Å²) in [6.45, 7) is 0. The van der Waals surface area contributed by atoms with Crippen molar-refractivity contribution >= 4 is 11.9 Å². The number of nitrogens with one attached hydrogen (secondary N) is 2. The number of carbonyl (C=O) groups excluding carboxylic acids is 1. The quantitative estimate of drug-likeness (QED) is 0.289. The van der Waals surface area contributed by atoms with E-state index in [2.05, 4.69) is 15.8 Å². The summed E-state index contributed by atoms with van der Waals surface area (Å²) in [6.07, 6.45) is 5.12. The van der Waals surface area contributed by atoms with Crippen molar-refractivity contribution in [2.75, 3.05) is 0 Å². The molecule has 0 saturated heterocycles. The number of rotatable bonds is 3. The minimum absolute atomic E-state index is 0.210. The normalized spacial score (nSPS) is 16.3. The Morgan fingerprint density at radius 3 is 2.71 bits per heavy atom. The molecule has 2 rings (SSSR count). The minimum atomic E-state index is -0.439. The van der Waals surface area contributed by atoms with Crippen LogP contribution in [0.2, 0.25) is 0 Å². The van der Waals surface area contributed by atoms with Crippen LogP contribution in [0.25, 0.3) is 0 Å². The van der Waals surface area contributed by atoms with Gasteiger partial charge in [0.2, 0.25) is 0 Å². The summed E-state index contributed by atoms with van der Waals surface area (Å²) in [5.41, 5.74) is 3.02. The number of hydrogen-bond donors (Lipinski definition) is 4. The third-order valence-electron chi connectivity index (χ3n) is 3.51. The van der Waals surface area contributed by atoms with Crippen LogP contribution in [0.5, 0.6) is 5.75 Å². The summed E-state index contributed by atoms with van der Waals surface area (Å²) in [5.74, 6) is 11.3. The van der Waals surface area contributed by atoms with Gasteiger partial charge in [0.25, 0.3) is 0 Å². The summed E-state index contributed by atoms with van der Waals surface area (Å²) < 4.78 is 5.28. The van der Waals surface area contributed by atoms with Crippen LogP contribution in [0.4, 0.5) is 4.79 Å². The van der Waals surface area contributed by atoms with E-state index in [1.807, 2.05) is 0 Å². The van der Waals surface area contributed by atoms with Crippen molar-refractivity contribution in [1.82, 2.24) is 10.7 Å². The second-order valence-electron chi connectivity index (χ2n) is 5.02. The molecule has 114 valence electrons. The van der Waals surface area contributed by atoms with Crippen LogP contribution in [0.3, 0.4) is 0 Å². The number of nitrogens with zero attached hydrogens (tertiary/aromatic N) is 1. The Morgan fingerprint density at radius 1 is 1.29 bits per heavy atom. The largest absolute Gasteiger partial charge is 0.412 e. The zero-order chi connectivity index (χ0) is 15.1. The summed E-state index contributed by atoms with van der Waals surface area (Å²) in [5, 5.41) is 6.40. The highest BCUT2D eigenvalue weighted by atomic mass is 16.6. The third-order valence-corrected chi connectivity index (χ3v) is 3.51. The van der Waals surface area contributed by atoms with Crippen LogP contribution in [-0.2, 0) is 0 Å². The third kappa shape index (κ3) is 4.35. The first-order chi connectivity index (χ1) is 10.2. The number of amidine groups is 1. The first kappa shape index (κ1) is 15.1. The van der Waals surface area contributed by atoms with E-state index in [1.54, 1.807) is 24.3 Å². The van der Waals surface area contributed by atoms with E-state index in [1.165, 1.54) is 6.42 Å². The van der Waals surface area contributed by atoms with E-state index in [0.717, 1.165) is 25.7 Å². The lowest BCUT2D eigenvalue weighted by Gasteiger charge is -2.22. The molecular formula is C14H21N5O2. The van der Waals surface area contributed by atoms with Crippen LogP contribution in [0, 0.1) is 0 Å². The van der Waals surface area contributed by atoms with Crippen LogP contribution >= 0.6 is 0 Å². The molecule has 0 spiro atoms. The molecule has 7 heteroatoms. The van der Waals surface area contributed by atoms with Crippen LogP contribution < -0.4 is 27.2 Å². The predicted molar refractivity (Wildman–Crippen MR) is 80.5 cm³/mol. The number of ether oxygens (including phenoxy) is 1. The van der Waals surface area contributed by atoms with Crippen molar-refractivity contribution in [2.24, 2.45) is 16.8 Å². The Kier molecular flexibility index (Phi) is 5.39. The average molecular weight is 291 g/mol. The monoisotopic (exact) mass is 291 g/mol. The second-order valence-corrected chi connectivity index (χ2v) is 5.02. The van der Waals surface area contributed by atoms with Crippen LogP contribution in [-0.4, -0.2) is 18.0 Å². The molecule has 0 bridgehead atoms. The molecule has 1 saturated carbocycles. The number of hydrazone groups is 1. The summed E-state index contributed by atoms with van der Waals surface area (Å²) >= 11 is 0. The zero-order valence-electron chi connectivity index (χ0n) is 11.8. The predicted octanol–water partition coefficient (Wildman–Crippen LogP) is 1.19. The molecule has 0 atom stereocenters. The van der Waals surface area contributed by atoms with Crippen LogP contribution in [0.1, 0.15) is 37.7 Å². The second kappa shape index (κ2) is 7.49. The van der Waals surface area contributed by atoms with E-state index in [4.69, 9.17) is 16.4 Å². The van der Waals surface area contributed by atoms with Gasteiger partial charge >= 0.3 is 6.09 Å². The van der Waals surface area contributed by atoms with E-state index in [-0.39, 0.29) is 6.04 Å². The van der Waals surface area contributed by atoms with Gasteiger partial charge in [-0.05, 0) is 25.0 Å². The fraction of sp³-hybridized carbons (Fsp3) is 0.429. The Labute approximate surface area is 123 Å². The van der Waals surface area contributed by atoms with Gasteiger partial charge in [-0.25, -0.2) is 10.6 Å². The van der Waals surface area contributed by atoms with Gasteiger partial charge in [-0.3, -0.25) is 0 Å². The number of carbonyl (C=O) groups is 1. The molecule has 1 aromatic rings. The maximum Gasteiger partial charge on any atom is 0.412 e. The highest BCUT2D eigenvalue weighted by Crippen LogP contribution is 2.18. The Hall–Kier alpha value is -2.28. The summed E-state index contributed by atoms with van der Waals surface area (Å²) in [4.78, 5) is 11.9. The number of amides is 1. The van der Waals surface area contributed by atoms with Crippen molar-refractivity contribution in [3.8, 4) is 5.75 Å². The zero-order valence-corrected chi connectivity index (χ0v) is 11.8. The molecule has 0 aliphatic heterocycles. The SMILES string of the molecule is N/N=C(\NN)c1cccc(OC(=O)NC2CCCCC2)c1. The lowest BCUT2D eigenvalue weighted by Crippen LogP contribution is -2.38. The molecule has 0 heterocycles. The number of hydrogen-bond acceptors (Lipinski definition) is 5. The Bertz CT molecular complexity index is 512. The average Bonchev–Trinajstić information content (AvgIpc) is 2.50. The molecule has 6 N–H and O–H groups in total. The van der Waals surface area contributed by atoms with Crippen molar-refractivity contribution < 1.29 is 9.53 Å². The first-order valence-corrected chi connectivity index (χ1v) is 7.06. The van der Waals surface area contributed by atoms with Gasteiger partial charge in [-0.1, -0.05) is 31.4 Å². The maximum atomic E-state index is 11.9. The number of benzene rings is 1.